The number of hydrogen-bond acceptors (Lipinski definition) is 4. The van der Waals surface area contributed by atoms with E-state index in [4.69, 9.17) is 0 Å². The van der Waals surface area contributed by atoms with Gasteiger partial charge in [-0.1, -0.05) is 0 Å². The van der Waals surface area contributed by atoms with Gasteiger partial charge in [-0.15, -0.1) is 11.8 Å². The number of aliphatic carboxylic acids is 1. The van der Waals surface area contributed by atoms with E-state index < -0.39 is 11.5 Å². The van der Waals surface area contributed by atoms with Crippen molar-refractivity contribution in [1.29, 1.82) is 0 Å². The molecule has 1 heterocycles. The summed E-state index contributed by atoms with van der Waals surface area (Å²) in [5.74, 6) is 0.00925. The average molecular weight is 269 g/mol. The minimum absolute atomic E-state index is 0.398. The molecule has 0 saturated heterocycles. The highest BCUT2D eigenvalue weighted by molar-refractivity contribution is 7.99. The third-order valence-electron chi connectivity index (χ3n) is 3.12. The Morgan fingerprint density at radius 2 is 2.44 bits per heavy atom. The van der Waals surface area contributed by atoms with E-state index in [1.54, 1.807) is 29.6 Å². The Morgan fingerprint density at radius 1 is 1.72 bits per heavy atom. The molecule has 1 aliphatic rings. The molecule has 2 rings (SSSR count). The Hall–Kier alpha value is -1.01. The lowest BCUT2D eigenvalue weighted by atomic mass is 9.99. The molecule has 1 atom stereocenters. The smallest absolute Gasteiger partial charge is 0.323 e. The predicted octanol–water partition coefficient (Wildman–Crippen LogP) is 1.50. The first-order valence-electron chi connectivity index (χ1n) is 6.12. The van der Waals surface area contributed by atoms with Crippen LogP contribution in [0.5, 0.6) is 0 Å². The Morgan fingerprint density at radius 3 is 2.94 bits per heavy atom. The summed E-state index contributed by atoms with van der Waals surface area (Å²) in [6.45, 7) is 1.78. The summed E-state index contributed by atoms with van der Waals surface area (Å²) in [4.78, 5) is 12.4. The van der Waals surface area contributed by atoms with Crippen molar-refractivity contribution in [3.63, 3.8) is 0 Å². The van der Waals surface area contributed by atoms with Crippen LogP contribution >= 0.6 is 11.8 Å². The maximum atomic E-state index is 11.3. The van der Waals surface area contributed by atoms with Gasteiger partial charge in [0.05, 0.1) is 6.20 Å². The number of nitrogens with zero attached hydrogens (tertiary/aromatic N) is 2. The number of carboxylic acid groups (broad SMARTS) is 1. The van der Waals surface area contributed by atoms with Crippen molar-refractivity contribution in [1.82, 2.24) is 15.1 Å². The van der Waals surface area contributed by atoms with E-state index in [9.17, 15) is 9.90 Å². The van der Waals surface area contributed by atoms with E-state index in [1.807, 2.05) is 13.2 Å². The topological polar surface area (TPSA) is 67.2 Å². The van der Waals surface area contributed by atoms with Crippen LogP contribution in [0.4, 0.5) is 0 Å². The lowest BCUT2D eigenvalue weighted by molar-refractivity contribution is -0.144. The molecule has 0 spiro atoms. The van der Waals surface area contributed by atoms with Crippen molar-refractivity contribution in [3.8, 4) is 0 Å². The van der Waals surface area contributed by atoms with Crippen molar-refractivity contribution >= 4 is 17.7 Å². The maximum absolute atomic E-state index is 11.3. The fourth-order valence-corrected chi connectivity index (χ4v) is 2.86. The van der Waals surface area contributed by atoms with E-state index in [2.05, 4.69) is 10.4 Å². The molecule has 100 valence electrons. The van der Waals surface area contributed by atoms with Crippen LogP contribution in [-0.2, 0) is 11.8 Å². The van der Waals surface area contributed by atoms with Gasteiger partial charge in [0.25, 0.3) is 0 Å². The Kier molecular flexibility index (Phi) is 3.97. The summed E-state index contributed by atoms with van der Waals surface area (Å²) in [7, 11) is 1.88. The first-order chi connectivity index (χ1) is 8.49. The molecule has 0 bridgehead atoms. The summed E-state index contributed by atoms with van der Waals surface area (Å²) >= 11 is 1.65. The van der Waals surface area contributed by atoms with Crippen molar-refractivity contribution < 1.29 is 9.90 Å². The zero-order chi connectivity index (χ0) is 13.2. The zero-order valence-electron chi connectivity index (χ0n) is 10.7. The van der Waals surface area contributed by atoms with Crippen molar-refractivity contribution in [2.24, 2.45) is 7.05 Å². The molecule has 1 aromatic heterocycles. The van der Waals surface area contributed by atoms with Gasteiger partial charge in [-0.3, -0.25) is 14.8 Å². The van der Waals surface area contributed by atoms with Gasteiger partial charge in [-0.05, 0) is 26.2 Å². The van der Waals surface area contributed by atoms with Crippen LogP contribution in [0.15, 0.2) is 17.3 Å². The molecular formula is C12H19N3O2S. The summed E-state index contributed by atoms with van der Waals surface area (Å²) in [5, 5.41) is 16.6. The van der Waals surface area contributed by atoms with Crippen LogP contribution in [-0.4, -0.2) is 38.2 Å². The van der Waals surface area contributed by atoms with Crippen LogP contribution < -0.4 is 5.32 Å². The second-order valence-corrected chi connectivity index (χ2v) is 6.17. The van der Waals surface area contributed by atoms with Gasteiger partial charge in [0.2, 0.25) is 0 Å². The molecule has 0 amide bonds. The van der Waals surface area contributed by atoms with Gasteiger partial charge < -0.3 is 5.11 Å². The number of aryl methyl sites for hydroxylation is 1. The van der Waals surface area contributed by atoms with Crippen LogP contribution in [0.25, 0.3) is 0 Å². The molecule has 1 aromatic rings. The summed E-state index contributed by atoms with van der Waals surface area (Å²) < 4.78 is 1.75. The minimum Gasteiger partial charge on any atom is -0.480 e. The normalized spacial score (nSPS) is 18.6. The molecule has 1 aliphatic carbocycles. The van der Waals surface area contributed by atoms with Gasteiger partial charge in [0.1, 0.15) is 5.54 Å². The zero-order valence-corrected chi connectivity index (χ0v) is 11.5. The van der Waals surface area contributed by atoms with Gasteiger partial charge in [-0.25, -0.2) is 0 Å². The van der Waals surface area contributed by atoms with Gasteiger partial charge in [0, 0.05) is 29.9 Å². The highest BCUT2D eigenvalue weighted by Gasteiger charge is 2.37. The number of aromatic nitrogens is 2. The fourth-order valence-electron chi connectivity index (χ4n) is 1.77. The van der Waals surface area contributed by atoms with Gasteiger partial charge in [0.15, 0.2) is 0 Å². The van der Waals surface area contributed by atoms with Crippen molar-refractivity contribution in [2.45, 2.75) is 42.7 Å². The molecule has 1 unspecified atom stereocenters. The molecule has 0 aliphatic heterocycles. The molecule has 6 heteroatoms. The van der Waals surface area contributed by atoms with Crippen molar-refractivity contribution in [3.05, 3.63) is 12.4 Å². The van der Waals surface area contributed by atoms with E-state index in [0.29, 0.717) is 12.5 Å². The summed E-state index contributed by atoms with van der Waals surface area (Å²) in [5.41, 5.74) is -0.809. The molecule has 5 nitrogen and oxygen atoms in total. The monoisotopic (exact) mass is 269 g/mol. The average Bonchev–Trinajstić information content (AvgIpc) is 3.00. The SMILES string of the molecule is Cn1cc(SCCC(C)(NC2CC2)C(=O)O)cn1. The maximum Gasteiger partial charge on any atom is 0.323 e. The standard InChI is InChI=1S/C12H19N3O2S/c1-12(11(16)17,14-9-3-4-9)5-6-18-10-7-13-15(2)8-10/h7-9,14H,3-6H2,1-2H3,(H,16,17). The summed E-state index contributed by atoms with van der Waals surface area (Å²) in [6.07, 6.45) is 6.55. The second-order valence-electron chi connectivity index (χ2n) is 5.00. The Balaban J connectivity index is 1.83. The summed E-state index contributed by atoms with van der Waals surface area (Å²) in [6, 6.07) is 0.398. The predicted molar refractivity (Wildman–Crippen MR) is 70.7 cm³/mol. The molecule has 2 N–H and O–H groups in total. The van der Waals surface area contributed by atoms with Gasteiger partial charge in [-0.2, -0.15) is 5.10 Å². The molecular weight excluding hydrogens is 250 g/mol. The number of nitrogens with one attached hydrogen (secondary N) is 1. The molecule has 1 fully saturated rings. The Labute approximate surface area is 111 Å². The number of carbonyl (C=O) groups is 1. The van der Waals surface area contributed by atoms with E-state index in [1.165, 1.54) is 0 Å². The van der Waals surface area contributed by atoms with Crippen molar-refractivity contribution in [2.75, 3.05) is 5.75 Å². The van der Waals surface area contributed by atoms with Crippen LogP contribution in [0.3, 0.4) is 0 Å². The lowest BCUT2D eigenvalue weighted by Crippen LogP contribution is -2.50. The molecule has 0 radical (unpaired) electrons. The van der Waals surface area contributed by atoms with Crippen LogP contribution in [0.1, 0.15) is 26.2 Å². The third kappa shape index (κ3) is 3.49. The lowest BCUT2D eigenvalue weighted by Gasteiger charge is -2.26. The molecule has 1 saturated carbocycles. The number of thioether (sulfide) groups is 1. The van der Waals surface area contributed by atoms with Gasteiger partial charge >= 0.3 is 5.97 Å². The van der Waals surface area contributed by atoms with E-state index in [0.717, 1.165) is 23.5 Å². The molecule has 18 heavy (non-hydrogen) atoms. The Bertz CT molecular complexity index is 431. The number of hydrogen-bond donors (Lipinski definition) is 2. The third-order valence-corrected chi connectivity index (χ3v) is 4.08. The second kappa shape index (κ2) is 5.32. The first-order valence-corrected chi connectivity index (χ1v) is 7.11. The number of rotatable bonds is 7. The fraction of sp³-hybridized carbons (Fsp3) is 0.667. The molecule has 0 aromatic carbocycles. The van der Waals surface area contributed by atoms with E-state index >= 15 is 0 Å². The van der Waals surface area contributed by atoms with E-state index in [-0.39, 0.29) is 0 Å². The highest BCUT2D eigenvalue weighted by Crippen LogP contribution is 2.26. The first kappa shape index (κ1) is 13.4. The highest BCUT2D eigenvalue weighted by atomic mass is 32.2. The van der Waals surface area contributed by atoms with Crippen LogP contribution in [0.2, 0.25) is 0 Å². The quantitative estimate of drug-likeness (QED) is 0.734. The number of carboxylic acids is 1. The minimum atomic E-state index is -0.809. The largest absolute Gasteiger partial charge is 0.480 e. The van der Waals surface area contributed by atoms with Crippen LogP contribution in [0, 0.1) is 0 Å².